The average molecular weight is 266 g/mol. The van der Waals surface area contributed by atoms with Crippen molar-refractivity contribution in [3.05, 3.63) is 28.8 Å². The second-order valence-electron chi connectivity index (χ2n) is 4.91. The van der Waals surface area contributed by atoms with Gasteiger partial charge in [0, 0.05) is 24.3 Å². The Balaban J connectivity index is 2.14. The zero-order valence-corrected chi connectivity index (χ0v) is 11.5. The van der Waals surface area contributed by atoms with E-state index in [2.05, 4.69) is 11.8 Å². The first-order chi connectivity index (χ1) is 8.61. The number of hydrogen-bond donors (Lipinski definition) is 2. The van der Waals surface area contributed by atoms with Crippen LogP contribution in [0.2, 0.25) is 5.02 Å². The number of benzene rings is 1. The van der Waals surface area contributed by atoms with Crippen molar-refractivity contribution < 1.29 is 0 Å². The normalized spacial score (nSPS) is 15.2. The van der Waals surface area contributed by atoms with Gasteiger partial charge in [0.2, 0.25) is 0 Å². The number of nitrogens with two attached hydrogens (primary N) is 1. The lowest BCUT2D eigenvalue weighted by molar-refractivity contribution is 0.318. The Morgan fingerprint density at radius 1 is 1.50 bits per heavy atom. The molecule has 98 valence electrons. The number of hydrogen-bond acceptors (Lipinski definition) is 2. The summed E-state index contributed by atoms with van der Waals surface area (Å²) in [5.41, 5.74) is 7.21. The second kappa shape index (κ2) is 5.61. The number of nitrogens with zero attached hydrogens (tertiary/aromatic N) is 1. The van der Waals surface area contributed by atoms with E-state index in [0.29, 0.717) is 10.6 Å². The van der Waals surface area contributed by atoms with Crippen molar-refractivity contribution in [1.29, 1.82) is 5.41 Å². The van der Waals surface area contributed by atoms with Crippen LogP contribution in [0.25, 0.3) is 0 Å². The highest BCUT2D eigenvalue weighted by Crippen LogP contribution is 2.30. The Morgan fingerprint density at radius 3 is 2.67 bits per heavy atom. The summed E-state index contributed by atoms with van der Waals surface area (Å²) in [6, 6.07) is 5.76. The third kappa shape index (κ3) is 2.78. The van der Waals surface area contributed by atoms with Crippen molar-refractivity contribution >= 4 is 23.1 Å². The van der Waals surface area contributed by atoms with E-state index in [1.807, 2.05) is 18.2 Å². The van der Waals surface area contributed by atoms with Crippen molar-refractivity contribution in [2.45, 2.75) is 26.2 Å². The maximum absolute atomic E-state index is 7.43. The highest BCUT2D eigenvalue weighted by atomic mass is 35.5. The van der Waals surface area contributed by atoms with Gasteiger partial charge in [-0.05, 0) is 43.9 Å². The van der Waals surface area contributed by atoms with E-state index >= 15 is 0 Å². The van der Waals surface area contributed by atoms with E-state index in [1.54, 1.807) is 0 Å². The highest BCUT2D eigenvalue weighted by molar-refractivity contribution is 6.34. The van der Waals surface area contributed by atoms with Crippen LogP contribution >= 0.6 is 11.6 Å². The number of amidine groups is 1. The summed E-state index contributed by atoms with van der Waals surface area (Å²) in [6.07, 6.45) is 4.05. The minimum Gasteiger partial charge on any atom is -0.384 e. The van der Waals surface area contributed by atoms with Crippen LogP contribution in [0, 0.1) is 11.3 Å². The quantitative estimate of drug-likeness (QED) is 0.634. The summed E-state index contributed by atoms with van der Waals surface area (Å²) in [5.74, 6) is 0.852. The molecule has 3 N–H and O–H groups in total. The van der Waals surface area contributed by atoms with Crippen LogP contribution in [0.5, 0.6) is 0 Å². The molecule has 1 aliphatic rings. The van der Waals surface area contributed by atoms with Gasteiger partial charge in [0.1, 0.15) is 5.84 Å². The second-order valence-corrected chi connectivity index (χ2v) is 5.32. The lowest BCUT2D eigenvalue weighted by Gasteiger charge is -2.33. The molecule has 0 aliphatic heterocycles. The Kier molecular flexibility index (Phi) is 4.12. The number of halogens is 1. The van der Waals surface area contributed by atoms with Gasteiger partial charge in [0.15, 0.2) is 0 Å². The van der Waals surface area contributed by atoms with Gasteiger partial charge in [-0.3, -0.25) is 5.41 Å². The first kappa shape index (κ1) is 13.2. The molecule has 1 fully saturated rings. The molecule has 0 spiro atoms. The average Bonchev–Trinajstić information content (AvgIpc) is 2.27. The summed E-state index contributed by atoms with van der Waals surface area (Å²) in [6.45, 7) is 4.24. The van der Waals surface area contributed by atoms with Crippen LogP contribution in [0.4, 0.5) is 5.69 Å². The molecule has 0 saturated heterocycles. The van der Waals surface area contributed by atoms with Crippen LogP contribution in [0.1, 0.15) is 31.7 Å². The predicted molar refractivity (Wildman–Crippen MR) is 77.7 cm³/mol. The molecule has 1 aliphatic carbocycles. The third-order valence-corrected chi connectivity index (χ3v) is 4.01. The molecular formula is C14H20ClN3. The maximum Gasteiger partial charge on any atom is 0.124 e. The molecule has 0 unspecified atom stereocenters. The van der Waals surface area contributed by atoms with E-state index in [1.165, 1.54) is 19.3 Å². The Labute approximate surface area is 113 Å². The van der Waals surface area contributed by atoms with Crippen LogP contribution in [0.3, 0.4) is 0 Å². The summed E-state index contributed by atoms with van der Waals surface area (Å²) >= 11 is 6.16. The van der Waals surface area contributed by atoms with Gasteiger partial charge in [-0.15, -0.1) is 0 Å². The van der Waals surface area contributed by atoms with Gasteiger partial charge < -0.3 is 10.6 Å². The number of rotatable bonds is 5. The molecule has 1 saturated carbocycles. The van der Waals surface area contributed by atoms with Crippen molar-refractivity contribution in [3.63, 3.8) is 0 Å². The SMILES string of the molecule is CCN(CC1CCC1)c1ccc(C(=N)N)c(Cl)c1. The highest BCUT2D eigenvalue weighted by Gasteiger charge is 2.20. The van der Waals surface area contributed by atoms with E-state index in [0.717, 1.165) is 24.7 Å². The summed E-state index contributed by atoms with van der Waals surface area (Å²) < 4.78 is 0. The number of anilines is 1. The summed E-state index contributed by atoms with van der Waals surface area (Å²) in [4.78, 5) is 2.35. The van der Waals surface area contributed by atoms with Gasteiger partial charge in [0.25, 0.3) is 0 Å². The monoisotopic (exact) mass is 265 g/mol. The first-order valence-corrected chi connectivity index (χ1v) is 6.88. The van der Waals surface area contributed by atoms with E-state index < -0.39 is 0 Å². The smallest absolute Gasteiger partial charge is 0.124 e. The van der Waals surface area contributed by atoms with Gasteiger partial charge in [0.05, 0.1) is 5.02 Å². The van der Waals surface area contributed by atoms with Crippen LogP contribution in [-0.2, 0) is 0 Å². The summed E-state index contributed by atoms with van der Waals surface area (Å²) in [5, 5.41) is 7.99. The molecule has 3 nitrogen and oxygen atoms in total. The largest absolute Gasteiger partial charge is 0.384 e. The third-order valence-electron chi connectivity index (χ3n) is 3.69. The molecule has 0 bridgehead atoms. The molecular weight excluding hydrogens is 246 g/mol. The van der Waals surface area contributed by atoms with E-state index in [9.17, 15) is 0 Å². The van der Waals surface area contributed by atoms with Crippen LogP contribution < -0.4 is 10.6 Å². The van der Waals surface area contributed by atoms with Crippen molar-refractivity contribution in [2.24, 2.45) is 11.7 Å². The maximum atomic E-state index is 7.43. The molecule has 0 amide bonds. The fourth-order valence-electron chi connectivity index (χ4n) is 2.32. The van der Waals surface area contributed by atoms with Crippen molar-refractivity contribution in [3.8, 4) is 0 Å². The molecule has 0 aromatic heterocycles. The van der Waals surface area contributed by atoms with E-state index in [-0.39, 0.29) is 5.84 Å². The fourth-order valence-corrected chi connectivity index (χ4v) is 2.60. The Bertz CT molecular complexity index is 441. The topological polar surface area (TPSA) is 53.1 Å². The molecule has 1 aromatic carbocycles. The molecule has 4 heteroatoms. The molecule has 0 radical (unpaired) electrons. The van der Waals surface area contributed by atoms with Gasteiger partial charge in [-0.1, -0.05) is 18.0 Å². The molecule has 1 aromatic rings. The van der Waals surface area contributed by atoms with Crippen LogP contribution in [-0.4, -0.2) is 18.9 Å². The van der Waals surface area contributed by atoms with Gasteiger partial charge >= 0.3 is 0 Å². The molecule has 2 rings (SSSR count). The lowest BCUT2D eigenvalue weighted by atomic mass is 9.85. The van der Waals surface area contributed by atoms with Gasteiger partial charge in [-0.2, -0.15) is 0 Å². The number of nitrogen functional groups attached to an aromatic ring is 1. The minimum absolute atomic E-state index is 0.0218. The lowest BCUT2D eigenvalue weighted by Crippen LogP contribution is -2.32. The van der Waals surface area contributed by atoms with E-state index in [4.69, 9.17) is 22.7 Å². The van der Waals surface area contributed by atoms with Crippen LogP contribution in [0.15, 0.2) is 18.2 Å². The summed E-state index contributed by atoms with van der Waals surface area (Å²) in [7, 11) is 0. The Morgan fingerprint density at radius 2 is 2.22 bits per heavy atom. The minimum atomic E-state index is 0.0218. The zero-order chi connectivity index (χ0) is 13.1. The number of nitrogens with one attached hydrogen (secondary N) is 1. The molecule has 0 heterocycles. The molecule has 0 atom stereocenters. The van der Waals surface area contributed by atoms with Gasteiger partial charge in [-0.25, -0.2) is 0 Å². The Hall–Kier alpha value is -1.22. The fraction of sp³-hybridized carbons (Fsp3) is 0.500. The predicted octanol–water partition coefficient (Wildman–Crippen LogP) is 3.25. The van der Waals surface area contributed by atoms with Crippen molar-refractivity contribution in [2.75, 3.05) is 18.0 Å². The molecule has 18 heavy (non-hydrogen) atoms. The first-order valence-electron chi connectivity index (χ1n) is 6.50. The standard InChI is InChI=1S/C14H20ClN3/c1-2-18(9-10-4-3-5-10)11-6-7-12(14(16)17)13(15)8-11/h6-8,10H,2-5,9H2,1H3,(H3,16,17). The zero-order valence-electron chi connectivity index (χ0n) is 10.7. The van der Waals surface area contributed by atoms with Crippen molar-refractivity contribution in [1.82, 2.24) is 0 Å².